The number of morpholine rings is 1. The molecule has 3 aromatic carbocycles. The zero-order chi connectivity index (χ0) is 37.3. The van der Waals surface area contributed by atoms with E-state index < -0.39 is 52.3 Å². The van der Waals surface area contributed by atoms with E-state index in [0.717, 1.165) is 12.8 Å². The number of fused-ring (bicyclic) bond motifs is 2. The molecule has 1 aliphatic carbocycles. The van der Waals surface area contributed by atoms with Gasteiger partial charge in [0.15, 0.2) is 0 Å². The molecule has 2 fully saturated rings. The smallest absolute Gasteiger partial charge is 0.416 e. The molecular formula is C38H39F7N2O5. The first kappa shape index (κ1) is 37.7. The van der Waals surface area contributed by atoms with Crippen LogP contribution in [-0.4, -0.2) is 80.3 Å². The van der Waals surface area contributed by atoms with Gasteiger partial charge in [-0.3, -0.25) is 4.79 Å². The van der Waals surface area contributed by atoms with Gasteiger partial charge < -0.3 is 24.0 Å². The summed E-state index contributed by atoms with van der Waals surface area (Å²) in [6.07, 6.45) is -8.04. The van der Waals surface area contributed by atoms with Crippen LogP contribution in [0.4, 0.5) is 30.7 Å². The van der Waals surface area contributed by atoms with Gasteiger partial charge in [-0.25, -0.2) is 9.18 Å². The third-order valence-electron chi connectivity index (χ3n) is 10.5. The van der Waals surface area contributed by atoms with Crippen LogP contribution >= 0.6 is 0 Å². The molecule has 0 unspecified atom stereocenters. The van der Waals surface area contributed by atoms with E-state index in [0.29, 0.717) is 50.2 Å². The number of piperidine rings is 1. The summed E-state index contributed by atoms with van der Waals surface area (Å²) >= 11 is 0. The van der Waals surface area contributed by atoms with E-state index in [-0.39, 0.29) is 50.5 Å². The van der Waals surface area contributed by atoms with Gasteiger partial charge in [-0.15, -0.1) is 0 Å². The van der Waals surface area contributed by atoms with Crippen LogP contribution in [0, 0.1) is 5.82 Å². The zero-order valence-corrected chi connectivity index (χ0v) is 28.5. The van der Waals surface area contributed by atoms with Crippen molar-refractivity contribution in [2.45, 2.75) is 62.1 Å². The lowest BCUT2D eigenvalue weighted by Crippen LogP contribution is -2.54. The van der Waals surface area contributed by atoms with Gasteiger partial charge in [0, 0.05) is 24.1 Å². The van der Waals surface area contributed by atoms with Gasteiger partial charge >= 0.3 is 18.3 Å². The topological polar surface area (TPSA) is 68.3 Å². The summed E-state index contributed by atoms with van der Waals surface area (Å²) in [5.74, 6) is -1.93. The predicted octanol–water partition coefficient (Wildman–Crippen LogP) is 7.16. The number of hydrogen-bond donors (Lipinski definition) is 0. The Balaban J connectivity index is 1.21. The molecule has 14 heteroatoms. The first-order valence-electron chi connectivity index (χ1n) is 17.2. The summed E-state index contributed by atoms with van der Waals surface area (Å²) in [5, 5.41) is 0. The monoisotopic (exact) mass is 736 g/mol. The molecular weight excluding hydrogens is 697 g/mol. The molecule has 1 spiro atoms. The molecule has 2 saturated heterocycles. The Bertz CT molecular complexity index is 1720. The molecule has 2 atom stereocenters. The molecule has 0 saturated carbocycles. The molecule has 52 heavy (non-hydrogen) atoms. The van der Waals surface area contributed by atoms with Gasteiger partial charge in [0.25, 0.3) is 5.91 Å². The van der Waals surface area contributed by atoms with Crippen LogP contribution in [-0.2, 0) is 48.8 Å². The second-order valence-corrected chi connectivity index (χ2v) is 13.6. The third kappa shape index (κ3) is 7.84. The van der Waals surface area contributed by atoms with Gasteiger partial charge in [-0.2, -0.15) is 26.3 Å². The largest absolute Gasteiger partial charge is 0.464 e. The van der Waals surface area contributed by atoms with Crippen molar-refractivity contribution in [3.8, 4) is 0 Å². The van der Waals surface area contributed by atoms with E-state index in [4.69, 9.17) is 14.2 Å². The van der Waals surface area contributed by atoms with Gasteiger partial charge in [-0.1, -0.05) is 36.4 Å². The quantitative estimate of drug-likeness (QED) is 0.172. The van der Waals surface area contributed by atoms with Crippen molar-refractivity contribution >= 4 is 11.9 Å². The van der Waals surface area contributed by atoms with Gasteiger partial charge in [0.05, 0.1) is 37.0 Å². The third-order valence-corrected chi connectivity index (χ3v) is 10.5. The number of carbonyl (C=O) groups is 2. The Labute approximate surface area is 296 Å². The molecule has 280 valence electrons. The molecule has 0 radical (unpaired) electrons. The Kier molecular flexibility index (Phi) is 10.7. The fourth-order valence-corrected chi connectivity index (χ4v) is 7.89. The molecule has 2 aliphatic heterocycles. The zero-order valence-electron chi connectivity index (χ0n) is 28.5. The highest BCUT2D eigenvalue weighted by Crippen LogP contribution is 2.48. The lowest BCUT2D eigenvalue weighted by molar-refractivity contribution is -0.152. The Morgan fingerprint density at radius 2 is 1.56 bits per heavy atom. The molecule has 1 amide bonds. The van der Waals surface area contributed by atoms with Crippen molar-refractivity contribution < 1.29 is 54.5 Å². The Morgan fingerprint density at radius 3 is 2.19 bits per heavy atom. The highest BCUT2D eigenvalue weighted by molar-refractivity contribution is 5.95. The highest BCUT2D eigenvalue weighted by Gasteiger charge is 2.50. The number of nitrogens with zero attached hydrogens (tertiary/aromatic N) is 2. The fraction of sp³-hybridized carbons (Fsp3) is 0.474. The second-order valence-electron chi connectivity index (χ2n) is 13.6. The summed E-state index contributed by atoms with van der Waals surface area (Å²) in [4.78, 5) is 29.2. The number of halogens is 7. The SMILES string of the molecule is CCOC(=O)CO[C@H]1Cc2ccccc2C12CCN(CC[C@@]1(c3ccc(F)cc3)CN(C(=O)c3cc(C(F)(F)F)cc(C(F)(F)F)c3)CCO1)CC2. The van der Waals surface area contributed by atoms with Crippen molar-refractivity contribution in [2.24, 2.45) is 0 Å². The number of esters is 1. The minimum atomic E-state index is -5.11. The molecule has 6 rings (SSSR count). The van der Waals surface area contributed by atoms with Gasteiger partial charge in [0.1, 0.15) is 18.0 Å². The molecule has 0 N–H and O–H groups in total. The van der Waals surface area contributed by atoms with E-state index in [2.05, 4.69) is 17.0 Å². The van der Waals surface area contributed by atoms with Crippen molar-refractivity contribution in [3.05, 3.63) is 106 Å². The number of rotatable bonds is 9. The summed E-state index contributed by atoms with van der Waals surface area (Å²) in [5.41, 5.74) is -2.56. The summed E-state index contributed by atoms with van der Waals surface area (Å²) < 4.78 is 113. The fourth-order valence-electron chi connectivity index (χ4n) is 7.89. The molecule has 0 bridgehead atoms. The average molecular weight is 737 g/mol. The van der Waals surface area contributed by atoms with Crippen molar-refractivity contribution in [3.63, 3.8) is 0 Å². The maximum Gasteiger partial charge on any atom is 0.416 e. The van der Waals surface area contributed by atoms with Crippen molar-refractivity contribution in [1.82, 2.24) is 9.80 Å². The highest BCUT2D eigenvalue weighted by atomic mass is 19.4. The van der Waals surface area contributed by atoms with Crippen LogP contribution in [0.15, 0.2) is 66.7 Å². The van der Waals surface area contributed by atoms with Crippen molar-refractivity contribution in [2.75, 3.05) is 52.5 Å². The summed E-state index contributed by atoms with van der Waals surface area (Å²) in [6.45, 7) is 3.32. The maximum atomic E-state index is 14.0. The van der Waals surface area contributed by atoms with E-state index >= 15 is 0 Å². The Hall–Kier alpha value is -4.01. The number of alkyl halides is 6. The first-order valence-corrected chi connectivity index (χ1v) is 17.2. The second kappa shape index (κ2) is 14.8. The lowest BCUT2D eigenvalue weighted by Gasteiger charge is -2.46. The van der Waals surface area contributed by atoms with Crippen LogP contribution in [0.25, 0.3) is 0 Å². The number of amides is 1. The van der Waals surface area contributed by atoms with Gasteiger partial charge in [0.2, 0.25) is 0 Å². The minimum absolute atomic E-state index is 0.0133. The van der Waals surface area contributed by atoms with Crippen LogP contribution in [0.1, 0.15) is 64.4 Å². The average Bonchev–Trinajstić information content (AvgIpc) is 3.42. The van der Waals surface area contributed by atoms with Crippen molar-refractivity contribution in [1.29, 1.82) is 0 Å². The minimum Gasteiger partial charge on any atom is -0.464 e. The number of hydrogen-bond acceptors (Lipinski definition) is 6. The molecule has 0 aromatic heterocycles. The summed E-state index contributed by atoms with van der Waals surface area (Å²) in [7, 11) is 0. The van der Waals surface area contributed by atoms with Crippen LogP contribution in [0.3, 0.4) is 0 Å². The van der Waals surface area contributed by atoms with E-state index in [1.54, 1.807) is 6.92 Å². The van der Waals surface area contributed by atoms with Gasteiger partial charge in [-0.05, 0) is 92.7 Å². The Morgan fingerprint density at radius 1 is 0.904 bits per heavy atom. The maximum absolute atomic E-state index is 14.0. The molecule has 7 nitrogen and oxygen atoms in total. The van der Waals surface area contributed by atoms with E-state index in [1.807, 2.05) is 12.1 Å². The van der Waals surface area contributed by atoms with Crippen LogP contribution < -0.4 is 0 Å². The van der Waals surface area contributed by atoms with E-state index in [9.17, 15) is 40.3 Å². The lowest BCUT2D eigenvalue weighted by atomic mass is 9.72. The number of likely N-dealkylation sites (tertiary alicyclic amines) is 1. The number of benzene rings is 3. The standard InChI is InChI=1S/C38H39F7N2O5/c1-2-50-33(48)23-51-32-21-25-5-3-4-6-31(25)35(32)11-14-46(15-12-35)16-13-36(27-7-9-30(39)10-8-27)24-47(17-18-52-36)34(49)26-19-28(37(40,41)42)22-29(20-26)38(43,44)45/h3-10,19-20,22,32H,2,11-18,21,23-24H2,1H3/t32-,36-/m0/s1. The first-order chi connectivity index (χ1) is 24.6. The molecule has 2 heterocycles. The predicted molar refractivity (Wildman–Crippen MR) is 175 cm³/mol. The summed E-state index contributed by atoms with van der Waals surface area (Å²) in [6, 6.07) is 14.5. The van der Waals surface area contributed by atoms with E-state index in [1.165, 1.54) is 40.3 Å². The van der Waals surface area contributed by atoms with Crippen LogP contribution in [0.2, 0.25) is 0 Å². The molecule has 3 aliphatic rings. The normalized spacial score (nSPS) is 22.0. The number of ether oxygens (including phenoxy) is 3. The number of carbonyl (C=O) groups excluding carboxylic acids is 2. The van der Waals surface area contributed by atoms with Crippen LogP contribution in [0.5, 0.6) is 0 Å². The molecule has 3 aromatic rings.